The Morgan fingerprint density at radius 2 is 2.28 bits per heavy atom. The minimum Gasteiger partial charge on any atom is -0.369 e. The van der Waals surface area contributed by atoms with Crippen LogP contribution in [0.1, 0.15) is 10.4 Å². The van der Waals surface area contributed by atoms with Crippen LogP contribution < -0.4 is 5.73 Å². The molecule has 2 N–H and O–H groups in total. The van der Waals surface area contributed by atoms with Gasteiger partial charge in [0.25, 0.3) is 0 Å². The second-order valence-electron chi connectivity index (χ2n) is 4.23. The zero-order chi connectivity index (χ0) is 12.7. The molecule has 0 amide bonds. The van der Waals surface area contributed by atoms with Gasteiger partial charge in [-0.05, 0) is 40.5 Å². The van der Waals surface area contributed by atoms with Gasteiger partial charge in [-0.1, -0.05) is 12.1 Å². The molecule has 0 aliphatic heterocycles. The van der Waals surface area contributed by atoms with Crippen LogP contribution in [0.2, 0.25) is 0 Å². The van der Waals surface area contributed by atoms with Crippen molar-refractivity contribution in [2.75, 3.05) is 5.73 Å². The van der Waals surface area contributed by atoms with E-state index in [1.54, 1.807) is 11.3 Å². The predicted octanol–water partition coefficient (Wildman–Crippen LogP) is 3.80. The van der Waals surface area contributed by atoms with Crippen LogP contribution in [-0.4, -0.2) is 9.55 Å². The lowest BCUT2D eigenvalue weighted by Gasteiger charge is -2.06. The largest absolute Gasteiger partial charge is 0.369 e. The monoisotopic (exact) mass is 321 g/mol. The third-order valence-corrected chi connectivity index (χ3v) is 4.62. The Hall–Kier alpha value is -1.33. The van der Waals surface area contributed by atoms with E-state index in [1.807, 2.05) is 12.1 Å². The summed E-state index contributed by atoms with van der Waals surface area (Å²) in [5, 5.41) is 2.08. The first-order valence-corrected chi connectivity index (χ1v) is 7.26. The van der Waals surface area contributed by atoms with Crippen LogP contribution in [-0.2, 0) is 6.54 Å². The Bertz CT molecular complexity index is 714. The molecule has 0 unspecified atom stereocenters. The number of rotatable bonds is 2. The number of para-hydroxylation sites is 1. The van der Waals surface area contributed by atoms with E-state index in [0.717, 1.165) is 22.1 Å². The third kappa shape index (κ3) is 1.93. The van der Waals surface area contributed by atoms with Gasteiger partial charge in [0.1, 0.15) is 0 Å². The molecule has 5 heteroatoms. The van der Waals surface area contributed by atoms with Crippen LogP contribution in [0.5, 0.6) is 0 Å². The number of hydrogen-bond donors (Lipinski definition) is 1. The lowest BCUT2D eigenvalue weighted by molar-refractivity contribution is 0.850. The van der Waals surface area contributed by atoms with Crippen molar-refractivity contribution in [3.8, 4) is 0 Å². The van der Waals surface area contributed by atoms with E-state index in [-0.39, 0.29) is 0 Å². The van der Waals surface area contributed by atoms with Gasteiger partial charge in [-0.2, -0.15) is 0 Å². The molecular formula is C13H12BrN3S. The second-order valence-corrected chi connectivity index (χ2v) is 6.14. The van der Waals surface area contributed by atoms with Gasteiger partial charge in [0.05, 0.1) is 17.6 Å². The summed E-state index contributed by atoms with van der Waals surface area (Å²) in [4.78, 5) is 5.67. The molecule has 0 spiro atoms. The SMILES string of the molecule is Cc1cccc2nc(N)n(Cc3cc(Br)cs3)c12. The van der Waals surface area contributed by atoms with Crippen molar-refractivity contribution >= 4 is 44.2 Å². The molecule has 2 heterocycles. The van der Waals surface area contributed by atoms with Gasteiger partial charge in [0.15, 0.2) is 0 Å². The molecule has 3 aromatic rings. The number of nitrogen functional groups attached to an aromatic ring is 1. The molecule has 1 aromatic carbocycles. The summed E-state index contributed by atoms with van der Waals surface area (Å²) in [6, 6.07) is 8.22. The summed E-state index contributed by atoms with van der Waals surface area (Å²) in [7, 11) is 0. The Morgan fingerprint density at radius 1 is 1.44 bits per heavy atom. The van der Waals surface area contributed by atoms with Crippen LogP contribution >= 0.6 is 27.3 Å². The van der Waals surface area contributed by atoms with Crippen molar-refractivity contribution in [3.05, 3.63) is 44.6 Å². The van der Waals surface area contributed by atoms with Gasteiger partial charge in [-0.25, -0.2) is 4.98 Å². The summed E-state index contributed by atoms with van der Waals surface area (Å²) >= 11 is 5.19. The lowest BCUT2D eigenvalue weighted by atomic mass is 10.2. The smallest absolute Gasteiger partial charge is 0.201 e. The first-order valence-electron chi connectivity index (χ1n) is 5.59. The van der Waals surface area contributed by atoms with Crippen LogP contribution in [0.15, 0.2) is 34.1 Å². The number of nitrogens with zero attached hydrogens (tertiary/aromatic N) is 2. The van der Waals surface area contributed by atoms with Crippen molar-refractivity contribution in [2.24, 2.45) is 0 Å². The average molecular weight is 322 g/mol. The maximum Gasteiger partial charge on any atom is 0.201 e. The normalized spacial score (nSPS) is 11.2. The van der Waals surface area contributed by atoms with Crippen molar-refractivity contribution < 1.29 is 0 Å². The number of imidazole rings is 1. The zero-order valence-electron chi connectivity index (χ0n) is 9.85. The zero-order valence-corrected chi connectivity index (χ0v) is 12.3. The predicted molar refractivity (Wildman–Crippen MR) is 80.0 cm³/mol. The number of benzene rings is 1. The van der Waals surface area contributed by atoms with Crippen LogP contribution in [0.3, 0.4) is 0 Å². The van der Waals surface area contributed by atoms with Crippen LogP contribution in [0.25, 0.3) is 11.0 Å². The Labute approximate surface area is 117 Å². The standard InChI is InChI=1S/C13H12BrN3S/c1-8-3-2-4-11-12(8)17(13(15)16-11)6-10-5-9(14)7-18-10/h2-5,7H,6H2,1H3,(H2,15,16). The van der Waals surface area contributed by atoms with Gasteiger partial charge in [-0.3, -0.25) is 0 Å². The molecule has 3 rings (SSSR count). The fourth-order valence-electron chi connectivity index (χ4n) is 2.14. The highest BCUT2D eigenvalue weighted by atomic mass is 79.9. The molecule has 18 heavy (non-hydrogen) atoms. The fraction of sp³-hybridized carbons (Fsp3) is 0.154. The highest BCUT2D eigenvalue weighted by Crippen LogP contribution is 2.26. The minimum atomic E-state index is 0.573. The Balaban J connectivity index is 2.13. The van der Waals surface area contributed by atoms with Crippen LogP contribution in [0, 0.1) is 6.92 Å². The van der Waals surface area contributed by atoms with Crippen molar-refractivity contribution in [1.82, 2.24) is 9.55 Å². The maximum absolute atomic E-state index is 6.02. The van der Waals surface area contributed by atoms with E-state index in [4.69, 9.17) is 5.73 Å². The number of halogens is 1. The molecular weight excluding hydrogens is 310 g/mol. The van der Waals surface area contributed by atoms with E-state index in [1.165, 1.54) is 10.4 Å². The molecule has 0 aliphatic carbocycles. The van der Waals surface area contributed by atoms with Crippen molar-refractivity contribution in [2.45, 2.75) is 13.5 Å². The maximum atomic E-state index is 6.02. The van der Waals surface area contributed by atoms with E-state index < -0.39 is 0 Å². The number of anilines is 1. The summed E-state index contributed by atoms with van der Waals surface area (Å²) in [5.74, 6) is 0.573. The fourth-order valence-corrected chi connectivity index (χ4v) is 3.57. The average Bonchev–Trinajstić information content (AvgIpc) is 2.85. The van der Waals surface area contributed by atoms with Gasteiger partial charge in [0.2, 0.25) is 5.95 Å². The lowest BCUT2D eigenvalue weighted by Crippen LogP contribution is -2.04. The topological polar surface area (TPSA) is 43.8 Å². The summed E-state index contributed by atoms with van der Waals surface area (Å²) in [6.07, 6.45) is 0. The van der Waals surface area contributed by atoms with Gasteiger partial charge >= 0.3 is 0 Å². The molecule has 3 nitrogen and oxygen atoms in total. The third-order valence-electron chi connectivity index (χ3n) is 2.93. The molecule has 0 fully saturated rings. The summed E-state index contributed by atoms with van der Waals surface area (Å²) < 4.78 is 3.19. The van der Waals surface area contributed by atoms with E-state index in [9.17, 15) is 0 Å². The first kappa shape index (κ1) is 11.7. The van der Waals surface area contributed by atoms with Crippen molar-refractivity contribution in [1.29, 1.82) is 0 Å². The highest BCUT2D eigenvalue weighted by molar-refractivity contribution is 9.10. The summed E-state index contributed by atoms with van der Waals surface area (Å²) in [6.45, 7) is 2.85. The number of thiophene rings is 1. The first-order chi connectivity index (χ1) is 8.65. The highest BCUT2D eigenvalue weighted by Gasteiger charge is 2.11. The second kappa shape index (κ2) is 4.40. The quantitative estimate of drug-likeness (QED) is 0.780. The molecule has 0 radical (unpaired) electrons. The number of nitrogens with two attached hydrogens (primary N) is 1. The molecule has 2 aromatic heterocycles. The van der Waals surface area contributed by atoms with Gasteiger partial charge < -0.3 is 10.3 Å². The summed E-state index contributed by atoms with van der Waals surface area (Å²) in [5.41, 5.74) is 9.31. The van der Waals surface area contributed by atoms with Gasteiger partial charge in [-0.15, -0.1) is 11.3 Å². The van der Waals surface area contributed by atoms with Crippen LogP contribution in [0.4, 0.5) is 5.95 Å². The number of hydrogen-bond acceptors (Lipinski definition) is 3. The van der Waals surface area contributed by atoms with Crippen molar-refractivity contribution in [3.63, 3.8) is 0 Å². The molecule has 0 saturated heterocycles. The van der Waals surface area contributed by atoms with E-state index >= 15 is 0 Å². The molecule has 0 atom stereocenters. The molecule has 0 bridgehead atoms. The van der Waals surface area contributed by atoms with Gasteiger partial charge in [0, 0.05) is 14.7 Å². The molecule has 92 valence electrons. The number of fused-ring (bicyclic) bond motifs is 1. The Morgan fingerprint density at radius 3 is 3.00 bits per heavy atom. The van der Waals surface area contributed by atoms with E-state index in [0.29, 0.717) is 5.95 Å². The minimum absolute atomic E-state index is 0.573. The number of aryl methyl sites for hydroxylation is 1. The molecule has 0 aliphatic rings. The van der Waals surface area contributed by atoms with E-state index in [2.05, 4.69) is 49.9 Å². The molecule has 0 saturated carbocycles. The Kier molecular flexibility index (Phi) is 2.87. The number of aromatic nitrogens is 2.